The average Bonchev–Trinajstić information content (AvgIpc) is 2.40. The molecule has 3 N–H and O–H groups in total. The van der Waals surface area contributed by atoms with Crippen molar-refractivity contribution in [3.63, 3.8) is 0 Å². The second-order valence-electron chi connectivity index (χ2n) is 5.18. The number of amides is 2. The number of alkyl halides is 3. The van der Waals surface area contributed by atoms with Crippen LogP contribution in [0, 0.1) is 0 Å². The number of anilines is 1. The van der Waals surface area contributed by atoms with E-state index < -0.39 is 18.1 Å². The van der Waals surface area contributed by atoms with Gasteiger partial charge in [-0.3, -0.25) is 0 Å². The van der Waals surface area contributed by atoms with Gasteiger partial charge in [0.1, 0.15) is 5.75 Å². The van der Waals surface area contributed by atoms with Crippen molar-refractivity contribution in [1.82, 2.24) is 5.32 Å². The molecule has 0 bridgehead atoms. The molecular weight excluding hydrogens is 301 g/mol. The molecule has 0 radical (unpaired) electrons. The number of benzene rings is 1. The van der Waals surface area contributed by atoms with Gasteiger partial charge in [0.05, 0.1) is 6.10 Å². The van der Waals surface area contributed by atoms with E-state index in [0.29, 0.717) is 25.7 Å². The number of rotatable bonds is 3. The number of nitrogens with one attached hydrogen (secondary N) is 2. The summed E-state index contributed by atoms with van der Waals surface area (Å²) in [6.45, 7) is 0. The van der Waals surface area contributed by atoms with E-state index in [1.807, 2.05) is 0 Å². The molecular formula is C14H17F3N2O3. The minimum absolute atomic E-state index is 0.0435. The van der Waals surface area contributed by atoms with Crippen molar-refractivity contribution in [3.8, 4) is 5.75 Å². The minimum Gasteiger partial charge on any atom is -0.406 e. The van der Waals surface area contributed by atoms with Crippen LogP contribution in [0.25, 0.3) is 0 Å². The molecule has 0 aliphatic heterocycles. The Bertz CT molecular complexity index is 514. The van der Waals surface area contributed by atoms with Crippen LogP contribution in [0.15, 0.2) is 24.3 Å². The van der Waals surface area contributed by atoms with E-state index in [9.17, 15) is 23.1 Å². The first kappa shape index (κ1) is 16.4. The lowest BCUT2D eigenvalue weighted by molar-refractivity contribution is -0.274. The molecule has 2 amide bonds. The standard InChI is InChI=1S/C14H17F3N2O3/c15-14(16,17)22-12-3-1-2-10(8-12)19-13(21)18-9-4-6-11(20)7-5-9/h1-3,8-9,11,20H,4-7H2,(H2,18,19,21). The predicted molar refractivity (Wildman–Crippen MR) is 73.5 cm³/mol. The van der Waals surface area contributed by atoms with Crippen LogP contribution in [0.3, 0.4) is 0 Å². The van der Waals surface area contributed by atoms with Gasteiger partial charge in [-0.15, -0.1) is 13.2 Å². The van der Waals surface area contributed by atoms with E-state index >= 15 is 0 Å². The van der Waals surface area contributed by atoms with Gasteiger partial charge in [0, 0.05) is 17.8 Å². The molecule has 22 heavy (non-hydrogen) atoms. The van der Waals surface area contributed by atoms with E-state index in [2.05, 4.69) is 15.4 Å². The molecule has 1 aromatic rings. The van der Waals surface area contributed by atoms with E-state index in [1.54, 1.807) is 0 Å². The van der Waals surface area contributed by atoms with Gasteiger partial charge in [-0.2, -0.15) is 0 Å². The maximum Gasteiger partial charge on any atom is 0.573 e. The van der Waals surface area contributed by atoms with E-state index in [4.69, 9.17) is 0 Å². The predicted octanol–water partition coefficient (Wildman–Crippen LogP) is 3.01. The zero-order chi connectivity index (χ0) is 16.2. The SMILES string of the molecule is O=C(Nc1cccc(OC(F)(F)F)c1)NC1CCC(O)CC1. The van der Waals surface area contributed by atoms with Crippen LogP contribution in [0.2, 0.25) is 0 Å². The molecule has 5 nitrogen and oxygen atoms in total. The highest BCUT2D eigenvalue weighted by Crippen LogP contribution is 2.25. The molecule has 1 aromatic carbocycles. The Morgan fingerprint density at radius 1 is 1.23 bits per heavy atom. The average molecular weight is 318 g/mol. The summed E-state index contributed by atoms with van der Waals surface area (Å²) < 4.78 is 40.2. The number of halogens is 3. The summed E-state index contributed by atoms with van der Waals surface area (Å²) in [6.07, 6.45) is -2.50. The molecule has 0 aromatic heterocycles. The lowest BCUT2D eigenvalue weighted by Gasteiger charge is -2.26. The maximum absolute atomic E-state index is 12.1. The second kappa shape index (κ2) is 6.87. The van der Waals surface area contributed by atoms with E-state index in [0.717, 1.165) is 12.1 Å². The summed E-state index contributed by atoms with van der Waals surface area (Å²) in [7, 11) is 0. The number of hydrogen-bond donors (Lipinski definition) is 3. The Hall–Kier alpha value is -1.96. The molecule has 0 atom stereocenters. The van der Waals surface area contributed by atoms with Crippen molar-refractivity contribution in [2.75, 3.05) is 5.32 Å². The monoisotopic (exact) mass is 318 g/mol. The first-order chi connectivity index (χ1) is 10.3. The zero-order valence-electron chi connectivity index (χ0n) is 11.7. The van der Waals surface area contributed by atoms with Crippen LogP contribution >= 0.6 is 0 Å². The molecule has 1 aliphatic rings. The van der Waals surface area contributed by atoms with Gasteiger partial charge < -0.3 is 20.5 Å². The summed E-state index contributed by atoms with van der Waals surface area (Å²) in [6, 6.07) is 4.53. The molecule has 1 fully saturated rings. The van der Waals surface area contributed by atoms with Crippen LogP contribution in [0.4, 0.5) is 23.7 Å². The third-order valence-corrected chi connectivity index (χ3v) is 3.36. The normalized spacial score (nSPS) is 22.0. The van der Waals surface area contributed by atoms with Crippen molar-refractivity contribution in [1.29, 1.82) is 0 Å². The fourth-order valence-corrected chi connectivity index (χ4v) is 2.34. The van der Waals surface area contributed by atoms with E-state index in [-0.39, 0.29) is 17.8 Å². The first-order valence-electron chi connectivity index (χ1n) is 6.93. The van der Waals surface area contributed by atoms with Crippen molar-refractivity contribution in [2.45, 2.75) is 44.2 Å². The third-order valence-electron chi connectivity index (χ3n) is 3.36. The Morgan fingerprint density at radius 2 is 1.91 bits per heavy atom. The zero-order valence-corrected chi connectivity index (χ0v) is 11.7. The minimum atomic E-state index is -4.77. The summed E-state index contributed by atoms with van der Waals surface area (Å²) >= 11 is 0. The molecule has 2 rings (SSSR count). The van der Waals surface area contributed by atoms with E-state index in [1.165, 1.54) is 12.1 Å². The lowest BCUT2D eigenvalue weighted by Crippen LogP contribution is -2.40. The number of carbonyl (C=O) groups excluding carboxylic acids is 1. The number of aliphatic hydroxyl groups is 1. The fraction of sp³-hybridized carbons (Fsp3) is 0.500. The smallest absolute Gasteiger partial charge is 0.406 e. The largest absolute Gasteiger partial charge is 0.573 e. The topological polar surface area (TPSA) is 70.6 Å². The van der Waals surface area contributed by atoms with Crippen LogP contribution in [0.1, 0.15) is 25.7 Å². The van der Waals surface area contributed by atoms with Crippen LogP contribution in [-0.2, 0) is 0 Å². The van der Waals surface area contributed by atoms with Gasteiger partial charge in [-0.05, 0) is 37.8 Å². The molecule has 0 spiro atoms. The Kier molecular flexibility index (Phi) is 5.12. The number of aliphatic hydroxyl groups excluding tert-OH is 1. The van der Waals surface area contributed by atoms with Crippen molar-refractivity contribution in [2.24, 2.45) is 0 Å². The fourth-order valence-electron chi connectivity index (χ4n) is 2.34. The highest BCUT2D eigenvalue weighted by Gasteiger charge is 2.31. The van der Waals surface area contributed by atoms with Crippen molar-refractivity contribution in [3.05, 3.63) is 24.3 Å². The maximum atomic E-state index is 12.1. The summed E-state index contributed by atoms with van der Waals surface area (Å²) in [4.78, 5) is 11.8. The van der Waals surface area contributed by atoms with Gasteiger partial charge in [-0.1, -0.05) is 6.07 Å². The summed E-state index contributed by atoms with van der Waals surface area (Å²) in [5.41, 5.74) is 0.204. The van der Waals surface area contributed by atoms with Crippen molar-refractivity contribution < 1.29 is 27.8 Å². The van der Waals surface area contributed by atoms with Crippen LogP contribution < -0.4 is 15.4 Å². The highest BCUT2D eigenvalue weighted by molar-refractivity contribution is 5.89. The number of carbonyl (C=O) groups is 1. The summed E-state index contributed by atoms with van der Waals surface area (Å²) in [5, 5.41) is 14.6. The number of ether oxygens (including phenoxy) is 1. The molecule has 1 saturated carbocycles. The van der Waals surface area contributed by atoms with Crippen LogP contribution in [-0.4, -0.2) is 29.6 Å². The molecule has 0 unspecified atom stereocenters. The lowest BCUT2D eigenvalue weighted by atomic mass is 9.93. The summed E-state index contributed by atoms with van der Waals surface area (Å²) in [5.74, 6) is -0.397. The Morgan fingerprint density at radius 3 is 2.55 bits per heavy atom. The number of hydrogen-bond acceptors (Lipinski definition) is 3. The van der Waals surface area contributed by atoms with Gasteiger partial charge in [0.2, 0.25) is 0 Å². The Labute approximate surface area is 125 Å². The van der Waals surface area contributed by atoms with Gasteiger partial charge in [0.15, 0.2) is 0 Å². The van der Waals surface area contributed by atoms with Gasteiger partial charge in [-0.25, -0.2) is 4.79 Å². The third kappa shape index (κ3) is 5.44. The second-order valence-corrected chi connectivity index (χ2v) is 5.18. The number of urea groups is 1. The quantitative estimate of drug-likeness (QED) is 0.802. The Balaban J connectivity index is 1.87. The first-order valence-corrected chi connectivity index (χ1v) is 6.93. The molecule has 0 heterocycles. The molecule has 1 aliphatic carbocycles. The molecule has 8 heteroatoms. The van der Waals surface area contributed by atoms with Gasteiger partial charge in [0.25, 0.3) is 0 Å². The molecule has 122 valence electrons. The van der Waals surface area contributed by atoms with Gasteiger partial charge >= 0.3 is 12.4 Å². The highest BCUT2D eigenvalue weighted by atomic mass is 19.4. The molecule has 0 saturated heterocycles. The van der Waals surface area contributed by atoms with Crippen LogP contribution in [0.5, 0.6) is 5.75 Å². The van der Waals surface area contributed by atoms with Crippen molar-refractivity contribution >= 4 is 11.7 Å².